The molecule has 0 radical (unpaired) electrons. The number of phenols is 1. The number of hydrogen-bond acceptors (Lipinski definition) is 3. The Kier molecular flexibility index (Phi) is 5.05. The van der Waals surface area contributed by atoms with E-state index in [0.29, 0.717) is 22.4 Å². The van der Waals surface area contributed by atoms with Crippen molar-refractivity contribution in [2.45, 2.75) is 27.7 Å². The summed E-state index contributed by atoms with van der Waals surface area (Å²) in [5.41, 5.74) is 4.86. The Balaban J connectivity index is 2.30. The molecule has 2 N–H and O–H groups in total. The number of amides is 1. The maximum atomic E-state index is 12.4. The second kappa shape index (κ2) is 7.01. The highest BCUT2D eigenvalue weighted by atomic mass is 16.3. The van der Waals surface area contributed by atoms with Crippen molar-refractivity contribution >= 4 is 17.7 Å². The Morgan fingerprint density at radius 2 is 1.58 bits per heavy atom. The summed E-state index contributed by atoms with van der Waals surface area (Å²) in [6.07, 6.45) is 1.53. The van der Waals surface area contributed by atoms with Crippen LogP contribution in [0.2, 0.25) is 0 Å². The van der Waals surface area contributed by atoms with Crippen LogP contribution in [-0.2, 0) is 4.79 Å². The largest absolute Gasteiger partial charge is 0.507 e. The fourth-order valence-electron chi connectivity index (χ4n) is 2.63. The van der Waals surface area contributed by atoms with Crippen molar-refractivity contribution in [2.24, 2.45) is 0 Å². The third kappa shape index (κ3) is 4.02. The summed E-state index contributed by atoms with van der Waals surface area (Å²) in [7, 11) is 0. The highest BCUT2D eigenvalue weighted by molar-refractivity contribution is 6.09. The predicted octanol–water partition coefficient (Wildman–Crippen LogP) is 4.17. The first-order valence-corrected chi connectivity index (χ1v) is 7.62. The van der Waals surface area contributed by atoms with E-state index in [0.717, 1.165) is 11.1 Å². The van der Waals surface area contributed by atoms with Gasteiger partial charge in [0.1, 0.15) is 17.4 Å². The molecule has 24 heavy (non-hydrogen) atoms. The van der Waals surface area contributed by atoms with Crippen molar-refractivity contribution in [1.82, 2.24) is 0 Å². The summed E-state index contributed by atoms with van der Waals surface area (Å²) in [6, 6.07) is 11.1. The number of anilines is 1. The van der Waals surface area contributed by atoms with Crippen molar-refractivity contribution in [1.29, 1.82) is 5.26 Å². The molecular formula is C20H20N2O2. The molecule has 2 rings (SSSR count). The molecule has 0 fully saturated rings. The first-order chi connectivity index (χ1) is 11.3. The average Bonchev–Trinajstić information content (AvgIpc) is 2.48. The molecule has 0 atom stereocenters. The van der Waals surface area contributed by atoms with E-state index in [-0.39, 0.29) is 11.3 Å². The molecule has 1 amide bonds. The Morgan fingerprint density at radius 3 is 2.08 bits per heavy atom. The standard InChI is InChI=1S/C20H20N2O2/c1-12-5-13(2)7-18(6-12)22-20(24)17(11-21)10-16-8-14(3)19(23)15(4)9-16/h5-10,23H,1-4H3,(H,22,24)/b17-10-. The molecule has 0 heterocycles. The van der Waals surface area contributed by atoms with Gasteiger partial charge in [-0.25, -0.2) is 0 Å². The molecule has 0 saturated carbocycles. The highest BCUT2D eigenvalue weighted by Gasteiger charge is 2.11. The van der Waals surface area contributed by atoms with Crippen LogP contribution < -0.4 is 5.32 Å². The van der Waals surface area contributed by atoms with Crippen molar-refractivity contribution in [3.05, 3.63) is 63.7 Å². The number of nitriles is 1. The van der Waals surface area contributed by atoms with Crippen LogP contribution in [0.1, 0.15) is 27.8 Å². The number of carbonyl (C=O) groups excluding carboxylic acids is 1. The van der Waals surface area contributed by atoms with Gasteiger partial charge in [0.25, 0.3) is 5.91 Å². The van der Waals surface area contributed by atoms with Gasteiger partial charge in [0.05, 0.1) is 0 Å². The molecule has 0 aliphatic rings. The van der Waals surface area contributed by atoms with Crippen LogP contribution in [0.5, 0.6) is 5.75 Å². The van der Waals surface area contributed by atoms with Crippen LogP contribution in [0.15, 0.2) is 35.9 Å². The normalized spacial score (nSPS) is 11.0. The smallest absolute Gasteiger partial charge is 0.266 e. The maximum Gasteiger partial charge on any atom is 0.266 e. The fraction of sp³-hybridized carbons (Fsp3) is 0.200. The zero-order valence-electron chi connectivity index (χ0n) is 14.3. The lowest BCUT2D eigenvalue weighted by molar-refractivity contribution is -0.112. The summed E-state index contributed by atoms with van der Waals surface area (Å²) < 4.78 is 0. The number of hydrogen-bond donors (Lipinski definition) is 2. The molecule has 0 aliphatic heterocycles. The summed E-state index contributed by atoms with van der Waals surface area (Å²) in [5, 5.41) is 21.9. The number of rotatable bonds is 3. The van der Waals surface area contributed by atoms with Crippen LogP contribution >= 0.6 is 0 Å². The van der Waals surface area contributed by atoms with E-state index in [1.54, 1.807) is 26.0 Å². The molecule has 0 unspecified atom stereocenters. The maximum absolute atomic E-state index is 12.4. The number of nitrogens with one attached hydrogen (secondary N) is 1. The average molecular weight is 320 g/mol. The van der Waals surface area contributed by atoms with Crippen molar-refractivity contribution in [2.75, 3.05) is 5.32 Å². The van der Waals surface area contributed by atoms with Crippen LogP contribution in [0.4, 0.5) is 5.69 Å². The molecule has 0 bridgehead atoms. The van der Waals surface area contributed by atoms with Crippen LogP contribution in [-0.4, -0.2) is 11.0 Å². The van der Waals surface area contributed by atoms with Gasteiger partial charge < -0.3 is 10.4 Å². The van der Waals surface area contributed by atoms with Crippen LogP contribution in [0, 0.1) is 39.0 Å². The summed E-state index contributed by atoms with van der Waals surface area (Å²) in [4.78, 5) is 12.4. The predicted molar refractivity (Wildman–Crippen MR) is 95.7 cm³/mol. The first kappa shape index (κ1) is 17.3. The highest BCUT2D eigenvalue weighted by Crippen LogP contribution is 2.24. The lowest BCUT2D eigenvalue weighted by Gasteiger charge is -2.08. The molecular weight excluding hydrogens is 300 g/mol. The topological polar surface area (TPSA) is 73.1 Å². The number of phenolic OH excluding ortho intramolecular Hbond substituents is 1. The van der Waals surface area contributed by atoms with Crippen molar-refractivity contribution in [3.63, 3.8) is 0 Å². The second-order valence-electron chi connectivity index (χ2n) is 6.00. The van der Waals surface area contributed by atoms with E-state index in [4.69, 9.17) is 0 Å². The van der Waals surface area contributed by atoms with E-state index in [2.05, 4.69) is 5.32 Å². The third-order valence-electron chi connectivity index (χ3n) is 3.67. The van der Waals surface area contributed by atoms with E-state index in [1.807, 2.05) is 38.1 Å². The number of aryl methyl sites for hydroxylation is 4. The Bertz CT molecular complexity index is 830. The number of nitrogens with zero attached hydrogens (tertiary/aromatic N) is 1. The second-order valence-corrected chi connectivity index (χ2v) is 6.00. The summed E-state index contributed by atoms with van der Waals surface area (Å²) in [5.74, 6) is -0.226. The monoisotopic (exact) mass is 320 g/mol. The minimum absolute atomic E-state index is 0.0126. The molecule has 2 aromatic carbocycles. The van der Waals surface area contributed by atoms with Gasteiger partial charge in [-0.15, -0.1) is 0 Å². The zero-order chi connectivity index (χ0) is 17.9. The molecule has 4 nitrogen and oxygen atoms in total. The minimum atomic E-state index is -0.453. The van der Waals surface area contributed by atoms with E-state index in [9.17, 15) is 15.2 Å². The third-order valence-corrected chi connectivity index (χ3v) is 3.67. The fourth-order valence-corrected chi connectivity index (χ4v) is 2.63. The Morgan fingerprint density at radius 1 is 1.04 bits per heavy atom. The molecule has 2 aromatic rings. The number of aromatic hydroxyl groups is 1. The number of benzene rings is 2. The van der Waals surface area contributed by atoms with Crippen LogP contribution in [0.3, 0.4) is 0 Å². The van der Waals surface area contributed by atoms with Gasteiger partial charge in [-0.2, -0.15) is 5.26 Å². The van der Waals surface area contributed by atoms with Gasteiger partial charge in [-0.1, -0.05) is 6.07 Å². The summed E-state index contributed by atoms with van der Waals surface area (Å²) in [6.45, 7) is 7.46. The lowest BCUT2D eigenvalue weighted by Crippen LogP contribution is -2.13. The van der Waals surface area contributed by atoms with E-state index in [1.165, 1.54) is 6.08 Å². The molecule has 0 saturated heterocycles. The van der Waals surface area contributed by atoms with Crippen molar-refractivity contribution in [3.8, 4) is 11.8 Å². The minimum Gasteiger partial charge on any atom is -0.507 e. The van der Waals surface area contributed by atoms with Crippen molar-refractivity contribution < 1.29 is 9.90 Å². The molecule has 122 valence electrons. The van der Waals surface area contributed by atoms with Gasteiger partial charge in [0.2, 0.25) is 0 Å². The van der Waals surface area contributed by atoms with Gasteiger partial charge >= 0.3 is 0 Å². The van der Waals surface area contributed by atoms with Gasteiger partial charge in [-0.05, 0) is 85.9 Å². The molecule has 0 aromatic heterocycles. The van der Waals surface area contributed by atoms with Crippen LogP contribution in [0.25, 0.3) is 6.08 Å². The number of carbonyl (C=O) groups is 1. The molecule has 0 spiro atoms. The van der Waals surface area contributed by atoms with Gasteiger partial charge in [0, 0.05) is 5.69 Å². The molecule has 0 aliphatic carbocycles. The zero-order valence-corrected chi connectivity index (χ0v) is 14.3. The molecule has 4 heteroatoms. The summed E-state index contributed by atoms with van der Waals surface area (Å²) >= 11 is 0. The Labute approximate surface area is 142 Å². The quantitative estimate of drug-likeness (QED) is 0.658. The SMILES string of the molecule is Cc1cc(C)cc(NC(=O)/C(C#N)=C\c2cc(C)c(O)c(C)c2)c1. The first-order valence-electron chi connectivity index (χ1n) is 7.62. The van der Waals surface area contributed by atoms with Gasteiger partial charge in [0.15, 0.2) is 0 Å². The van der Waals surface area contributed by atoms with E-state index < -0.39 is 5.91 Å². The Hall–Kier alpha value is -3.06. The van der Waals surface area contributed by atoms with E-state index >= 15 is 0 Å². The lowest BCUT2D eigenvalue weighted by atomic mass is 10.0. The van der Waals surface area contributed by atoms with Gasteiger partial charge in [-0.3, -0.25) is 4.79 Å².